The SMILES string of the molecule is CC#CC(=O)NC1CN(C(=O)OC(C)(C)C)C1. The summed E-state index contributed by atoms with van der Waals surface area (Å²) in [6.07, 6.45) is -0.343. The van der Waals surface area contributed by atoms with Crippen LogP contribution < -0.4 is 5.32 Å². The summed E-state index contributed by atoms with van der Waals surface area (Å²) < 4.78 is 5.19. The van der Waals surface area contributed by atoms with Crippen LogP contribution in [0.4, 0.5) is 4.79 Å². The molecule has 1 aliphatic rings. The summed E-state index contributed by atoms with van der Waals surface area (Å²) in [4.78, 5) is 24.2. The molecule has 2 amide bonds. The first-order valence-corrected chi connectivity index (χ1v) is 5.53. The van der Waals surface area contributed by atoms with E-state index in [9.17, 15) is 9.59 Å². The first-order valence-electron chi connectivity index (χ1n) is 5.53. The number of hydrogen-bond donors (Lipinski definition) is 1. The molecule has 1 heterocycles. The van der Waals surface area contributed by atoms with Crippen molar-refractivity contribution in [1.29, 1.82) is 0 Å². The summed E-state index contributed by atoms with van der Waals surface area (Å²) in [6, 6.07) is -0.0177. The van der Waals surface area contributed by atoms with E-state index in [4.69, 9.17) is 4.74 Å². The van der Waals surface area contributed by atoms with Crippen molar-refractivity contribution in [3.05, 3.63) is 0 Å². The average molecular weight is 238 g/mol. The Kier molecular flexibility index (Phi) is 4.00. The van der Waals surface area contributed by atoms with Crippen molar-refractivity contribution in [3.63, 3.8) is 0 Å². The van der Waals surface area contributed by atoms with Crippen LogP contribution in [0.2, 0.25) is 0 Å². The van der Waals surface area contributed by atoms with Crippen LogP contribution >= 0.6 is 0 Å². The first-order chi connectivity index (χ1) is 7.81. The van der Waals surface area contributed by atoms with E-state index in [1.54, 1.807) is 11.8 Å². The van der Waals surface area contributed by atoms with Crippen LogP contribution in [0.1, 0.15) is 27.7 Å². The Morgan fingerprint density at radius 1 is 1.35 bits per heavy atom. The number of nitrogens with one attached hydrogen (secondary N) is 1. The second kappa shape index (κ2) is 5.09. The predicted molar refractivity (Wildman–Crippen MR) is 63.2 cm³/mol. The highest BCUT2D eigenvalue weighted by atomic mass is 16.6. The smallest absolute Gasteiger partial charge is 0.410 e. The van der Waals surface area contributed by atoms with E-state index >= 15 is 0 Å². The van der Waals surface area contributed by atoms with Gasteiger partial charge in [0.2, 0.25) is 0 Å². The molecule has 1 rings (SSSR count). The molecule has 1 N–H and O–H groups in total. The van der Waals surface area contributed by atoms with Crippen LogP contribution in [0.25, 0.3) is 0 Å². The second-order valence-electron chi connectivity index (χ2n) is 4.93. The minimum atomic E-state index is -0.487. The highest BCUT2D eigenvalue weighted by Crippen LogP contribution is 2.14. The van der Waals surface area contributed by atoms with Crippen LogP contribution in [-0.4, -0.2) is 41.6 Å². The molecular formula is C12H18N2O3. The molecule has 17 heavy (non-hydrogen) atoms. The van der Waals surface area contributed by atoms with Gasteiger partial charge in [0.15, 0.2) is 0 Å². The van der Waals surface area contributed by atoms with Crippen molar-refractivity contribution in [3.8, 4) is 11.8 Å². The van der Waals surface area contributed by atoms with Gasteiger partial charge in [-0.25, -0.2) is 4.79 Å². The monoisotopic (exact) mass is 238 g/mol. The molecule has 1 aliphatic heterocycles. The zero-order valence-electron chi connectivity index (χ0n) is 10.7. The van der Waals surface area contributed by atoms with Gasteiger partial charge in [-0.15, -0.1) is 0 Å². The van der Waals surface area contributed by atoms with Gasteiger partial charge in [0.05, 0.1) is 6.04 Å². The normalized spacial score (nSPS) is 15.4. The van der Waals surface area contributed by atoms with Crippen molar-refractivity contribution in [1.82, 2.24) is 10.2 Å². The van der Waals surface area contributed by atoms with Crippen LogP contribution in [0.5, 0.6) is 0 Å². The molecule has 0 aliphatic carbocycles. The molecular weight excluding hydrogens is 220 g/mol. The largest absolute Gasteiger partial charge is 0.444 e. The standard InChI is InChI=1S/C12H18N2O3/c1-5-6-10(15)13-9-7-14(8-9)11(16)17-12(2,3)4/h9H,7-8H2,1-4H3,(H,13,15). The maximum atomic E-state index is 11.6. The van der Waals surface area contributed by atoms with E-state index in [0.29, 0.717) is 13.1 Å². The third kappa shape index (κ3) is 4.35. The number of likely N-dealkylation sites (tertiary alicyclic amines) is 1. The fourth-order valence-electron chi connectivity index (χ4n) is 1.38. The fourth-order valence-corrected chi connectivity index (χ4v) is 1.38. The summed E-state index contributed by atoms with van der Waals surface area (Å²) >= 11 is 0. The number of ether oxygens (including phenoxy) is 1. The molecule has 0 bridgehead atoms. The van der Waals surface area contributed by atoms with E-state index < -0.39 is 5.60 Å². The zero-order valence-corrected chi connectivity index (χ0v) is 10.7. The van der Waals surface area contributed by atoms with Gasteiger partial charge in [0.25, 0.3) is 5.91 Å². The molecule has 94 valence electrons. The predicted octanol–water partition coefficient (Wildman–Crippen LogP) is 0.745. The van der Waals surface area contributed by atoms with Gasteiger partial charge in [-0.05, 0) is 33.6 Å². The second-order valence-corrected chi connectivity index (χ2v) is 4.93. The molecule has 0 aromatic heterocycles. The number of nitrogens with zero attached hydrogens (tertiary/aromatic N) is 1. The first kappa shape index (κ1) is 13.4. The molecule has 0 saturated carbocycles. The summed E-state index contributed by atoms with van der Waals surface area (Å²) in [5.41, 5.74) is -0.487. The summed E-state index contributed by atoms with van der Waals surface area (Å²) in [7, 11) is 0. The number of rotatable bonds is 1. The molecule has 1 saturated heterocycles. The maximum Gasteiger partial charge on any atom is 0.410 e. The Hall–Kier alpha value is -1.70. The molecule has 0 aromatic rings. The van der Waals surface area contributed by atoms with Crippen LogP contribution in [-0.2, 0) is 9.53 Å². The third-order valence-corrected chi connectivity index (χ3v) is 2.11. The number of hydrogen-bond acceptors (Lipinski definition) is 3. The van der Waals surface area contributed by atoms with Gasteiger partial charge in [0.1, 0.15) is 5.60 Å². The number of amides is 2. The molecule has 5 nitrogen and oxygen atoms in total. The quantitative estimate of drug-likeness (QED) is 0.686. The summed E-state index contributed by atoms with van der Waals surface area (Å²) in [5.74, 6) is 4.61. The maximum absolute atomic E-state index is 11.6. The van der Waals surface area contributed by atoms with Crippen LogP contribution in [0.3, 0.4) is 0 Å². The van der Waals surface area contributed by atoms with Gasteiger partial charge in [-0.3, -0.25) is 4.79 Å². The lowest BCUT2D eigenvalue weighted by atomic mass is 10.1. The molecule has 0 spiro atoms. The molecule has 0 radical (unpaired) electrons. The topological polar surface area (TPSA) is 58.6 Å². The fraction of sp³-hybridized carbons (Fsp3) is 0.667. The van der Waals surface area contributed by atoms with Crippen LogP contribution in [0, 0.1) is 11.8 Å². The number of carbonyl (C=O) groups is 2. The van der Waals surface area contributed by atoms with Crippen molar-refractivity contribution in [2.45, 2.75) is 39.3 Å². The Bertz CT molecular complexity index is 367. The minimum absolute atomic E-state index is 0.0177. The summed E-state index contributed by atoms with van der Waals surface area (Å²) in [5, 5.41) is 2.70. The van der Waals surface area contributed by atoms with Crippen molar-refractivity contribution in [2.24, 2.45) is 0 Å². The molecule has 5 heteroatoms. The van der Waals surface area contributed by atoms with E-state index in [-0.39, 0.29) is 18.0 Å². The van der Waals surface area contributed by atoms with E-state index in [1.807, 2.05) is 20.8 Å². The van der Waals surface area contributed by atoms with Gasteiger partial charge in [0, 0.05) is 13.1 Å². The highest BCUT2D eigenvalue weighted by molar-refractivity contribution is 5.93. The van der Waals surface area contributed by atoms with Gasteiger partial charge >= 0.3 is 6.09 Å². The molecule has 1 fully saturated rings. The van der Waals surface area contributed by atoms with E-state index in [0.717, 1.165) is 0 Å². The third-order valence-electron chi connectivity index (χ3n) is 2.11. The zero-order chi connectivity index (χ0) is 13.1. The lowest BCUT2D eigenvalue weighted by molar-refractivity contribution is -0.117. The lowest BCUT2D eigenvalue weighted by Crippen LogP contribution is -2.61. The Labute approximate surface area is 101 Å². The molecule has 0 unspecified atom stereocenters. The van der Waals surface area contributed by atoms with Crippen molar-refractivity contribution in [2.75, 3.05) is 13.1 Å². The lowest BCUT2D eigenvalue weighted by Gasteiger charge is -2.39. The van der Waals surface area contributed by atoms with Gasteiger partial charge in [-0.1, -0.05) is 5.92 Å². The highest BCUT2D eigenvalue weighted by Gasteiger charge is 2.34. The Morgan fingerprint density at radius 3 is 2.41 bits per heavy atom. The molecule has 0 aromatic carbocycles. The van der Waals surface area contributed by atoms with Crippen LogP contribution in [0.15, 0.2) is 0 Å². The van der Waals surface area contributed by atoms with Gasteiger partial charge < -0.3 is 15.0 Å². The summed E-state index contributed by atoms with van der Waals surface area (Å²) in [6.45, 7) is 8.02. The van der Waals surface area contributed by atoms with E-state index in [2.05, 4.69) is 17.2 Å². The number of carbonyl (C=O) groups excluding carboxylic acids is 2. The van der Waals surface area contributed by atoms with E-state index in [1.165, 1.54) is 0 Å². The van der Waals surface area contributed by atoms with Crippen molar-refractivity contribution < 1.29 is 14.3 Å². The molecule has 0 atom stereocenters. The van der Waals surface area contributed by atoms with Crippen molar-refractivity contribution >= 4 is 12.0 Å². The Morgan fingerprint density at radius 2 is 1.94 bits per heavy atom. The van der Waals surface area contributed by atoms with Gasteiger partial charge in [-0.2, -0.15) is 0 Å². The minimum Gasteiger partial charge on any atom is -0.444 e. The average Bonchev–Trinajstić information content (AvgIpc) is 2.07. The Balaban J connectivity index is 2.29.